The van der Waals surface area contributed by atoms with Crippen LogP contribution in [0.2, 0.25) is 0 Å². The van der Waals surface area contributed by atoms with Crippen molar-refractivity contribution in [1.29, 1.82) is 0 Å². The highest BCUT2D eigenvalue weighted by Crippen LogP contribution is 2.34. The molecule has 0 aliphatic heterocycles. The Balaban J connectivity index is 1.12. The minimum atomic E-state index is 0.650. The highest BCUT2D eigenvalue weighted by atomic mass is 15.0. The lowest BCUT2D eigenvalue weighted by molar-refractivity contribution is 1.07. The van der Waals surface area contributed by atoms with Gasteiger partial charge in [-0.1, -0.05) is 140 Å². The molecule has 4 nitrogen and oxygen atoms in total. The van der Waals surface area contributed by atoms with Crippen LogP contribution in [-0.4, -0.2) is 19.9 Å². The van der Waals surface area contributed by atoms with E-state index in [4.69, 9.17) is 15.0 Å². The first kappa shape index (κ1) is 27.3. The van der Waals surface area contributed by atoms with E-state index in [1.54, 1.807) is 0 Å². The number of rotatable bonds is 6. The molecule has 0 N–H and O–H groups in total. The number of fused-ring (bicyclic) bond motifs is 1. The molecule has 8 aromatic rings. The van der Waals surface area contributed by atoms with Gasteiger partial charge in [0.05, 0.1) is 0 Å². The van der Waals surface area contributed by atoms with Crippen LogP contribution in [0.25, 0.3) is 78.3 Å². The van der Waals surface area contributed by atoms with Crippen molar-refractivity contribution in [2.75, 3.05) is 0 Å². The standard InChI is InChI=1S/C42H28N4/c1-3-8-33(9-4-1)40-44-41(34-10-5-2-6-11-34)46-42(45-40)35-20-18-32(19-21-35)38-13-7-12-37-28-36(22-23-39(37)38)30-16-14-29(15-17-30)31-24-26-43-27-25-31/h1-28H. The number of hydrogen-bond donors (Lipinski definition) is 0. The Morgan fingerprint density at radius 1 is 0.304 bits per heavy atom. The summed E-state index contributed by atoms with van der Waals surface area (Å²) in [6.07, 6.45) is 3.66. The average Bonchev–Trinajstić information content (AvgIpc) is 3.15. The molecule has 0 aliphatic rings. The molecule has 0 atom stereocenters. The van der Waals surface area contributed by atoms with Gasteiger partial charge < -0.3 is 0 Å². The summed E-state index contributed by atoms with van der Waals surface area (Å²) in [7, 11) is 0. The zero-order valence-electron chi connectivity index (χ0n) is 25.0. The summed E-state index contributed by atoms with van der Waals surface area (Å²) in [5.74, 6) is 1.97. The maximum absolute atomic E-state index is 4.89. The lowest BCUT2D eigenvalue weighted by atomic mass is 9.94. The zero-order valence-corrected chi connectivity index (χ0v) is 25.0. The molecule has 2 aromatic heterocycles. The second-order valence-corrected chi connectivity index (χ2v) is 11.2. The fraction of sp³-hybridized carbons (Fsp3) is 0. The molecule has 0 fully saturated rings. The van der Waals surface area contributed by atoms with Gasteiger partial charge in [0.2, 0.25) is 0 Å². The van der Waals surface area contributed by atoms with Crippen molar-refractivity contribution in [2.45, 2.75) is 0 Å². The maximum atomic E-state index is 4.89. The third kappa shape index (κ3) is 5.44. The van der Waals surface area contributed by atoms with Gasteiger partial charge in [-0.25, -0.2) is 15.0 Å². The average molecular weight is 589 g/mol. The molecule has 8 rings (SSSR count). The summed E-state index contributed by atoms with van der Waals surface area (Å²) in [4.78, 5) is 18.7. The molecular formula is C42H28N4. The van der Waals surface area contributed by atoms with Gasteiger partial charge >= 0.3 is 0 Å². The molecule has 6 aromatic carbocycles. The second-order valence-electron chi connectivity index (χ2n) is 11.2. The van der Waals surface area contributed by atoms with E-state index in [2.05, 4.69) is 89.9 Å². The van der Waals surface area contributed by atoms with Gasteiger partial charge in [-0.05, 0) is 62.4 Å². The van der Waals surface area contributed by atoms with Gasteiger partial charge in [0.25, 0.3) is 0 Å². The Kier molecular flexibility index (Phi) is 7.14. The number of nitrogens with zero attached hydrogens (tertiary/aromatic N) is 4. The number of aromatic nitrogens is 4. The fourth-order valence-corrected chi connectivity index (χ4v) is 5.85. The van der Waals surface area contributed by atoms with Crippen LogP contribution in [0, 0.1) is 0 Å². The van der Waals surface area contributed by atoms with E-state index < -0.39 is 0 Å². The lowest BCUT2D eigenvalue weighted by Gasteiger charge is -2.11. The van der Waals surface area contributed by atoms with Crippen molar-refractivity contribution >= 4 is 10.8 Å². The molecular weight excluding hydrogens is 560 g/mol. The molecule has 0 radical (unpaired) electrons. The number of hydrogen-bond acceptors (Lipinski definition) is 4. The van der Waals surface area contributed by atoms with E-state index >= 15 is 0 Å². The number of benzene rings is 6. The van der Waals surface area contributed by atoms with E-state index in [0.29, 0.717) is 17.5 Å². The first-order valence-corrected chi connectivity index (χ1v) is 15.3. The van der Waals surface area contributed by atoms with Gasteiger partial charge in [0.15, 0.2) is 17.5 Å². The Labute approximate surface area is 267 Å². The van der Waals surface area contributed by atoms with Crippen molar-refractivity contribution < 1.29 is 0 Å². The predicted octanol–water partition coefficient (Wildman–Crippen LogP) is 10.4. The normalized spacial score (nSPS) is 11.0. The molecule has 2 heterocycles. The molecule has 0 unspecified atom stereocenters. The molecule has 0 saturated carbocycles. The van der Waals surface area contributed by atoms with Gasteiger partial charge in [-0.2, -0.15) is 0 Å². The van der Waals surface area contributed by atoms with Crippen LogP contribution in [0.15, 0.2) is 170 Å². The smallest absolute Gasteiger partial charge is 0.164 e. The van der Waals surface area contributed by atoms with Crippen LogP contribution < -0.4 is 0 Å². The minimum Gasteiger partial charge on any atom is -0.265 e. The Morgan fingerprint density at radius 2 is 0.761 bits per heavy atom. The van der Waals surface area contributed by atoms with Crippen molar-refractivity contribution in [2.24, 2.45) is 0 Å². The van der Waals surface area contributed by atoms with Gasteiger partial charge in [-0.3, -0.25) is 4.98 Å². The van der Waals surface area contributed by atoms with E-state index in [1.807, 2.05) is 85.2 Å². The van der Waals surface area contributed by atoms with Gasteiger partial charge in [0, 0.05) is 29.1 Å². The highest BCUT2D eigenvalue weighted by molar-refractivity contribution is 5.99. The summed E-state index contributed by atoms with van der Waals surface area (Å²) < 4.78 is 0. The molecule has 0 aliphatic carbocycles. The van der Waals surface area contributed by atoms with Crippen LogP contribution in [0.5, 0.6) is 0 Å². The molecule has 0 saturated heterocycles. The third-order valence-corrected chi connectivity index (χ3v) is 8.27. The van der Waals surface area contributed by atoms with Crippen LogP contribution in [0.1, 0.15) is 0 Å². The SMILES string of the molecule is c1ccc(-c2nc(-c3ccccc3)nc(-c3ccc(-c4cccc5cc(-c6ccc(-c7ccncc7)cc6)ccc45)cc3)n2)cc1. The van der Waals surface area contributed by atoms with E-state index in [0.717, 1.165) is 22.3 Å². The summed E-state index contributed by atoms with van der Waals surface area (Å²) in [6, 6.07) is 54.6. The quantitative estimate of drug-likeness (QED) is 0.194. The van der Waals surface area contributed by atoms with E-state index in [-0.39, 0.29) is 0 Å². The number of pyridine rings is 1. The topological polar surface area (TPSA) is 51.6 Å². The second kappa shape index (κ2) is 12.0. The summed E-state index contributed by atoms with van der Waals surface area (Å²) in [5.41, 5.74) is 9.93. The van der Waals surface area contributed by atoms with E-state index in [1.165, 1.54) is 38.6 Å². The van der Waals surface area contributed by atoms with Crippen LogP contribution >= 0.6 is 0 Å². The first-order valence-electron chi connectivity index (χ1n) is 15.3. The molecule has 216 valence electrons. The molecule has 0 bridgehead atoms. The van der Waals surface area contributed by atoms with Crippen molar-refractivity contribution in [3.05, 3.63) is 170 Å². The maximum Gasteiger partial charge on any atom is 0.164 e. The van der Waals surface area contributed by atoms with Crippen molar-refractivity contribution in [1.82, 2.24) is 19.9 Å². The van der Waals surface area contributed by atoms with Crippen LogP contribution in [0.3, 0.4) is 0 Å². The van der Waals surface area contributed by atoms with Crippen LogP contribution in [0.4, 0.5) is 0 Å². The molecule has 46 heavy (non-hydrogen) atoms. The van der Waals surface area contributed by atoms with Gasteiger partial charge in [-0.15, -0.1) is 0 Å². The summed E-state index contributed by atoms with van der Waals surface area (Å²) >= 11 is 0. The van der Waals surface area contributed by atoms with Crippen LogP contribution in [-0.2, 0) is 0 Å². The zero-order chi connectivity index (χ0) is 30.7. The predicted molar refractivity (Wildman–Crippen MR) is 188 cm³/mol. The Bertz CT molecular complexity index is 2210. The van der Waals surface area contributed by atoms with Gasteiger partial charge in [0.1, 0.15) is 0 Å². The monoisotopic (exact) mass is 588 g/mol. The summed E-state index contributed by atoms with van der Waals surface area (Å²) in [6.45, 7) is 0. The first-order chi connectivity index (χ1) is 22.8. The van der Waals surface area contributed by atoms with Crippen molar-refractivity contribution in [3.63, 3.8) is 0 Å². The Hall–Kier alpha value is -6.26. The van der Waals surface area contributed by atoms with E-state index in [9.17, 15) is 0 Å². The lowest BCUT2D eigenvalue weighted by Crippen LogP contribution is -2.00. The Morgan fingerprint density at radius 3 is 1.35 bits per heavy atom. The third-order valence-electron chi connectivity index (χ3n) is 8.27. The molecule has 0 amide bonds. The molecule has 4 heteroatoms. The fourth-order valence-electron chi connectivity index (χ4n) is 5.85. The highest BCUT2D eigenvalue weighted by Gasteiger charge is 2.13. The largest absolute Gasteiger partial charge is 0.265 e. The minimum absolute atomic E-state index is 0.650. The summed E-state index contributed by atoms with van der Waals surface area (Å²) in [5, 5.41) is 2.42. The van der Waals surface area contributed by atoms with Crippen molar-refractivity contribution in [3.8, 4) is 67.5 Å². The molecule has 0 spiro atoms.